The van der Waals surface area contributed by atoms with Crippen LogP contribution in [0.5, 0.6) is 11.5 Å². The Bertz CT molecular complexity index is 836. The van der Waals surface area contributed by atoms with E-state index in [1.807, 2.05) is 6.07 Å². The molecule has 0 unspecified atom stereocenters. The third kappa shape index (κ3) is 4.39. The quantitative estimate of drug-likeness (QED) is 0.810. The van der Waals surface area contributed by atoms with Gasteiger partial charge in [0, 0.05) is 12.1 Å². The van der Waals surface area contributed by atoms with Crippen LogP contribution >= 0.6 is 0 Å². The van der Waals surface area contributed by atoms with Gasteiger partial charge in [0.1, 0.15) is 5.82 Å². The van der Waals surface area contributed by atoms with Crippen LogP contribution in [0.3, 0.4) is 0 Å². The first-order chi connectivity index (χ1) is 13.0. The highest BCUT2D eigenvalue weighted by Crippen LogP contribution is 2.30. The second kappa shape index (κ2) is 8.39. The van der Waals surface area contributed by atoms with E-state index in [1.165, 1.54) is 7.11 Å². The fourth-order valence-electron chi connectivity index (χ4n) is 3.01. The topological polar surface area (TPSA) is 59.6 Å². The first-order valence-electron chi connectivity index (χ1n) is 9.12. The summed E-state index contributed by atoms with van der Waals surface area (Å²) in [5.41, 5.74) is 2.17. The molecule has 1 heterocycles. The Labute approximate surface area is 158 Å². The molecule has 0 bridgehead atoms. The summed E-state index contributed by atoms with van der Waals surface area (Å²) in [6.45, 7) is 6.04. The van der Waals surface area contributed by atoms with Gasteiger partial charge in [0.15, 0.2) is 11.5 Å². The molecule has 5 nitrogen and oxygen atoms in total. The van der Waals surface area contributed by atoms with E-state index in [1.54, 1.807) is 24.3 Å². The minimum atomic E-state index is -0.392. The van der Waals surface area contributed by atoms with Gasteiger partial charge >= 0.3 is 0 Å². The van der Waals surface area contributed by atoms with Gasteiger partial charge in [-0.05, 0) is 54.3 Å². The molecule has 0 spiro atoms. The second-order valence-corrected chi connectivity index (χ2v) is 7.02. The Morgan fingerprint density at radius 1 is 1.26 bits per heavy atom. The molecule has 27 heavy (non-hydrogen) atoms. The highest BCUT2D eigenvalue weighted by Gasteiger charge is 2.19. The molecule has 144 valence electrons. The second-order valence-electron chi connectivity index (χ2n) is 7.02. The number of rotatable bonds is 6. The molecule has 0 aromatic heterocycles. The number of methoxy groups -OCH3 is 1. The van der Waals surface area contributed by atoms with Crippen molar-refractivity contribution in [2.24, 2.45) is 5.92 Å². The predicted molar refractivity (Wildman–Crippen MR) is 103 cm³/mol. The average Bonchev–Trinajstić information content (AvgIpc) is 2.68. The normalized spacial score (nSPS) is 13.2. The van der Waals surface area contributed by atoms with Gasteiger partial charge in [-0.15, -0.1) is 0 Å². The summed E-state index contributed by atoms with van der Waals surface area (Å²) >= 11 is 0. The third-order valence-corrected chi connectivity index (χ3v) is 4.45. The molecule has 1 aliphatic heterocycles. The van der Waals surface area contributed by atoms with E-state index in [4.69, 9.17) is 9.47 Å². The van der Waals surface area contributed by atoms with E-state index >= 15 is 0 Å². The number of carbonyl (C=O) groups excluding carboxylic acids is 1. The molecule has 3 rings (SSSR count). The summed E-state index contributed by atoms with van der Waals surface area (Å²) in [6, 6.07) is 8.41. The summed E-state index contributed by atoms with van der Waals surface area (Å²) in [5, 5.41) is 5.88. The number of ether oxygens (including phenoxy) is 2. The summed E-state index contributed by atoms with van der Waals surface area (Å²) in [4.78, 5) is 12.6. The van der Waals surface area contributed by atoms with Crippen molar-refractivity contribution in [2.75, 3.05) is 25.6 Å². The van der Waals surface area contributed by atoms with Crippen LogP contribution in [0.1, 0.15) is 35.3 Å². The zero-order chi connectivity index (χ0) is 19.4. The van der Waals surface area contributed by atoms with Crippen LogP contribution in [0.15, 0.2) is 30.3 Å². The molecule has 0 fully saturated rings. The minimum Gasteiger partial charge on any atom is -0.493 e. The van der Waals surface area contributed by atoms with Crippen LogP contribution in [-0.4, -0.2) is 26.2 Å². The van der Waals surface area contributed by atoms with E-state index < -0.39 is 5.91 Å². The average molecular weight is 372 g/mol. The SMILES string of the molecule is COc1cc(C(=O)Nc2ccc3c(c2F)CCNC3)ccc1OCC(C)C. The molecular formula is C21H25FN2O3. The minimum absolute atomic E-state index is 0.194. The first-order valence-corrected chi connectivity index (χ1v) is 9.12. The van der Waals surface area contributed by atoms with Crippen molar-refractivity contribution in [1.29, 1.82) is 0 Å². The van der Waals surface area contributed by atoms with Crippen LogP contribution in [0.2, 0.25) is 0 Å². The monoisotopic (exact) mass is 372 g/mol. The summed E-state index contributed by atoms with van der Waals surface area (Å²) in [7, 11) is 1.52. The maximum Gasteiger partial charge on any atom is 0.255 e. The van der Waals surface area contributed by atoms with Crippen LogP contribution in [0.25, 0.3) is 0 Å². The summed E-state index contributed by atoms with van der Waals surface area (Å²) in [6.07, 6.45) is 0.612. The molecule has 0 radical (unpaired) electrons. The number of hydrogen-bond donors (Lipinski definition) is 2. The maximum atomic E-state index is 14.7. The maximum absolute atomic E-state index is 14.7. The van der Waals surface area contributed by atoms with Crippen molar-refractivity contribution >= 4 is 11.6 Å². The largest absolute Gasteiger partial charge is 0.493 e. The van der Waals surface area contributed by atoms with Crippen LogP contribution in [0, 0.1) is 11.7 Å². The lowest BCUT2D eigenvalue weighted by Crippen LogP contribution is -2.25. The first kappa shape index (κ1) is 19.2. The summed E-state index contributed by atoms with van der Waals surface area (Å²) < 4.78 is 25.8. The zero-order valence-corrected chi connectivity index (χ0v) is 15.9. The number of nitrogens with one attached hydrogen (secondary N) is 2. The van der Waals surface area contributed by atoms with E-state index in [-0.39, 0.29) is 11.5 Å². The number of benzene rings is 2. The van der Waals surface area contributed by atoms with Gasteiger partial charge in [-0.3, -0.25) is 4.79 Å². The molecule has 2 N–H and O–H groups in total. The van der Waals surface area contributed by atoms with Crippen molar-refractivity contribution in [3.05, 3.63) is 52.8 Å². The molecule has 2 aromatic carbocycles. The van der Waals surface area contributed by atoms with Gasteiger partial charge < -0.3 is 20.1 Å². The van der Waals surface area contributed by atoms with E-state index in [9.17, 15) is 9.18 Å². The Kier molecular flexibility index (Phi) is 5.96. The molecule has 2 aromatic rings. The molecule has 1 amide bonds. The van der Waals surface area contributed by atoms with Crippen molar-refractivity contribution in [1.82, 2.24) is 5.32 Å². The highest BCUT2D eigenvalue weighted by atomic mass is 19.1. The third-order valence-electron chi connectivity index (χ3n) is 4.45. The number of amides is 1. The van der Waals surface area contributed by atoms with Gasteiger partial charge in [0.05, 0.1) is 19.4 Å². The van der Waals surface area contributed by atoms with E-state index in [0.717, 1.165) is 12.1 Å². The lowest BCUT2D eigenvalue weighted by Gasteiger charge is -2.19. The molecule has 0 saturated heterocycles. The van der Waals surface area contributed by atoms with Crippen molar-refractivity contribution in [3.63, 3.8) is 0 Å². The number of fused-ring (bicyclic) bond motifs is 1. The number of carbonyl (C=O) groups is 1. The molecule has 6 heteroatoms. The molecule has 0 aliphatic carbocycles. The predicted octanol–water partition coefficient (Wildman–Crippen LogP) is 3.77. The number of anilines is 1. The van der Waals surface area contributed by atoms with Crippen molar-refractivity contribution in [3.8, 4) is 11.5 Å². The van der Waals surface area contributed by atoms with Gasteiger partial charge in [-0.2, -0.15) is 0 Å². The van der Waals surface area contributed by atoms with Gasteiger partial charge in [-0.1, -0.05) is 19.9 Å². The Hall–Kier alpha value is -2.60. The Morgan fingerprint density at radius 3 is 2.81 bits per heavy atom. The lowest BCUT2D eigenvalue weighted by molar-refractivity contribution is 0.102. The lowest BCUT2D eigenvalue weighted by atomic mass is 9.99. The van der Waals surface area contributed by atoms with Gasteiger partial charge in [0.2, 0.25) is 0 Å². The fourth-order valence-corrected chi connectivity index (χ4v) is 3.01. The van der Waals surface area contributed by atoms with E-state index in [0.29, 0.717) is 48.1 Å². The standard InChI is InChI=1S/C21H25FN2O3/c1-13(2)12-27-18-7-5-14(10-19(18)26-3)21(25)24-17-6-4-15-11-23-9-8-16(15)20(17)22/h4-7,10,13,23H,8-9,11-12H2,1-3H3,(H,24,25). The highest BCUT2D eigenvalue weighted by molar-refractivity contribution is 6.04. The smallest absolute Gasteiger partial charge is 0.255 e. The van der Waals surface area contributed by atoms with Crippen molar-refractivity contribution in [2.45, 2.75) is 26.8 Å². The van der Waals surface area contributed by atoms with Crippen LogP contribution < -0.4 is 20.1 Å². The fraction of sp³-hybridized carbons (Fsp3) is 0.381. The van der Waals surface area contributed by atoms with Gasteiger partial charge in [-0.25, -0.2) is 4.39 Å². The van der Waals surface area contributed by atoms with Crippen LogP contribution in [0.4, 0.5) is 10.1 Å². The summed E-state index contributed by atoms with van der Waals surface area (Å²) in [5.74, 6) is 0.679. The number of halogens is 1. The Balaban J connectivity index is 1.78. The van der Waals surface area contributed by atoms with Crippen molar-refractivity contribution < 1.29 is 18.7 Å². The Morgan fingerprint density at radius 2 is 2.07 bits per heavy atom. The van der Waals surface area contributed by atoms with Gasteiger partial charge in [0.25, 0.3) is 5.91 Å². The zero-order valence-electron chi connectivity index (χ0n) is 15.9. The molecule has 0 atom stereocenters. The molecule has 1 aliphatic rings. The van der Waals surface area contributed by atoms with E-state index in [2.05, 4.69) is 24.5 Å². The molecular weight excluding hydrogens is 347 g/mol. The molecule has 0 saturated carbocycles. The van der Waals surface area contributed by atoms with Crippen LogP contribution in [-0.2, 0) is 13.0 Å². The number of hydrogen-bond acceptors (Lipinski definition) is 4.